The van der Waals surface area contributed by atoms with Gasteiger partial charge in [0.05, 0.1) is 5.56 Å². The van der Waals surface area contributed by atoms with Gasteiger partial charge in [-0.2, -0.15) is 0 Å². The van der Waals surface area contributed by atoms with Crippen LogP contribution in [0.25, 0.3) is 0 Å². The molecular formula is C17H26N2O2. The van der Waals surface area contributed by atoms with Gasteiger partial charge in [0.15, 0.2) is 0 Å². The summed E-state index contributed by atoms with van der Waals surface area (Å²) in [5, 5.41) is 0. The Morgan fingerprint density at radius 3 is 2.52 bits per heavy atom. The number of benzene rings is 1. The zero-order valence-corrected chi connectivity index (χ0v) is 12.9. The molecule has 0 amide bonds. The van der Waals surface area contributed by atoms with Gasteiger partial charge in [-0.3, -0.25) is 4.90 Å². The summed E-state index contributed by atoms with van der Waals surface area (Å²) in [6.45, 7) is 4.47. The molecule has 1 aromatic rings. The van der Waals surface area contributed by atoms with Gasteiger partial charge in [-0.25, -0.2) is 4.79 Å². The first-order chi connectivity index (χ1) is 10.2. The molecule has 21 heavy (non-hydrogen) atoms. The molecule has 0 radical (unpaired) electrons. The highest BCUT2D eigenvalue weighted by Gasteiger charge is 2.19. The summed E-state index contributed by atoms with van der Waals surface area (Å²) in [7, 11) is 0. The number of carbonyl (C=O) groups excluding carboxylic acids is 1. The quantitative estimate of drug-likeness (QED) is 0.646. The lowest BCUT2D eigenvalue weighted by Crippen LogP contribution is -2.39. The van der Waals surface area contributed by atoms with Crippen molar-refractivity contribution in [1.29, 1.82) is 0 Å². The predicted octanol–water partition coefficient (Wildman–Crippen LogP) is 3.08. The largest absolute Gasteiger partial charge is 0.461 e. The zero-order chi connectivity index (χ0) is 15.1. The minimum absolute atomic E-state index is 0.269. The summed E-state index contributed by atoms with van der Waals surface area (Å²) >= 11 is 0. The van der Waals surface area contributed by atoms with E-state index in [2.05, 4.69) is 11.8 Å². The molecule has 0 atom stereocenters. The van der Waals surface area contributed by atoms with Gasteiger partial charge in [0.2, 0.25) is 0 Å². The number of esters is 1. The molecule has 0 aliphatic heterocycles. The number of anilines is 1. The Balaban J connectivity index is 1.76. The normalized spacial score (nSPS) is 16.1. The van der Waals surface area contributed by atoms with Crippen molar-refractivity contribution >= 4 is 11.7 Å². The number of rotatable bonds is 6. The lowest BCUT2D eigenvalue weighted by molar-refractivity contribution is 0.0422. The summed E-state index contributed by atoms with van der Waals surface area (Å²) in [6.07, 6.45) is 6.57. The second kappa shape index (κ2) is 8.03. The van der Waals surface area contributed by atoms with E-state index in [4.69, 9.17) is 10.5 Å². The van der Waals surface area contributed by atoms with Crippen LogP contribution in [0, 0.1) is 0 Å². The van der Waals surface area contributed by atoms with Gasteiger partial charge in [0, 0.05) is 18.3 Å². The maximum Gasteiger partial charge on any atom is 0.338 e. The Hall–Kier alpha value is -1.55. The topological polar surface area (TPSA) is 55.6 Å². The molecule has 116 valence electrons. The van der Waals surface area contributed by atoms with Crippen LogP contribution >= 0.6 is 0 Å². The molecule has 2 N–H and O–H groups in total. The summed E-state index contributed by atoms with van der Waals surface area (Å²) < 4.78 is 5.37. The van der Waals surface area contributed by atoms with Crippen molar-refractivity contribution in [2.24, 2.45) is 0 Å². The molecule has 0 spiro atoms. The highest BCUT2D eigenvalue weighted by molar-refractivity contribution is 5.89. The fraction of sp³-hybridized carbons (Fsp3) is 0.588. The molecule has 0 heterocycles. The second-order valence-corrected chi connectivity index (χ2v) is 5.68. The molecule has 0 unspecified atom stereocenters. The smallest absolute Gasteiger partial charge is 0.338 e. The summed E-state index contributed by atoms with van der Waals surface area (Å²) in [5.74, 6) is -0.269. The van der Waals surface area contributed by atoms with Crippen molar-refractivity contribution in [2.45, 2.75) is 45.1 Å². The molecular weight excluding hydrogens is 264 g/mol. The molecule has 1 fully saturated rings. The lowest BCUT2D eigenvalue weighted by Gasteiger charge is -2.33. The Morgan fingerprint density at radius 1 is 1.24 bits per heavy atom. The van der Waals surface area contributed by atoms with Gasteiger partial charge in [0.25, 0.3) is 0 Å². The van der Waals surface area contributed by atoms with Gasteiger partial charge in [-0.1, -0.05) is 26.2 Å². The molecule has 4 heteroatoms. The minimum Gasteiger partial charge on any atom is -0.461 e. The third-order valence-electron chi connectivity index (χ3n) is 4.26. The monoisotopic (exact) mass is 290 g/mol. The standard InChI is InChI=1S/C17H26N2O2/c1-2-19(16-6-4-3-5-7-16)12-13-21-17(20)14-8-10-15(18)11-9-14/h8-11,16H,2-7,12-13,18H2,1H3. The Bertz CT molecular complexity index is 439. The van der Waals surface area contributed by atoms with Crippen molar-refractivity contribution in [1.82, 2.24) is 4.90 Å². The zero-order valence-electron chi connectivity index (χ0n) is 12.9. The number of hydrogen-bond acceptors (Lipinski definition) is 4. The SMILES string of the molecule is CCN(CCOC(=O)c1ccc(N)cc1)C1CCCCC1. The van der Waals surface area contributed by atoms with Gasteiger partial charge in [0.1, 0.15) is 6.61 Å². The number of nitrogens with two attached hydrogens (primary N) is 1. The molecule has 1 aromatic carbocycles. The van der Waals surface area contributed by atoms with Crippen molar-refractivity contribution in [2.75, 3.05) is 25.4 Å². The van der Waals surface area contributed by atoms with E-state index in [1.807, 2.05) is 0 Å². The van der Waals surface area contributed by atoms with Crippen molar-refractivity contribution in [3.8, 4) is 0 Å². The fourth-order valence-corrected chi connectivity index (χ4v) is 3.00. The summed E-state index contributed by atoms with van der Waals surface area (Å²) in [5.41, 5.74) is 6.82. The van der Waals surface area contributed by atoms with Crippen LogP contribution in [0.3, 0.4) is 0 Å². The van der Waals surface area contributed by atoms with Crippen LogP contribution in [0.1, 0.15) is 49.4 Å². The average molecular weight is 290 g/mol. The number of nitrogen functional groups attached to an aromatic ring is 1. The Kier molecular flexibility index (Phi) is 6.05. The van der Waals surface area contributed by atoms with Crippen molar-refractivity contribution in [3.05, 3.63) is 29.8 Å². The van der Waals surface area contributed by atoms with E-state index < -0.39 is 0 Å². The first-order valence-electron chi connectivity index (χ1n) is 7.97. The van der Waals surface area contributed by atoms with E-state index in [0.717, 1.165) is 13.1 Å². The fourth-order valence-electron chi connectivity index (χ4n) is 3.00. The highest BCUT2D eigenvalue weighted by atomic mass is 16.5. The molecule has 4 nitrogen and oxygen atoms in total. The second-order valence-electron chi connectivity index (χ2n) is 5.68. The van der Waals surface area contributed by atoms with Crippen LogP contribution in [0.15, 0.2) is 24.3 Å². The van der Waals surface area contributed by atoms with Crippen LogP contribution in [-0.2, 0) is 4.74 Å². The number of hydrogen-bond donors (Lipinski definition) is 1. The summed E-state index contributed by atoms with van der Waals surface area (Å²) in [6, 6.07) is 7.51. The first kappa shape index (κ1) is 15.8. The van der Waals surface area contributed by atoms with E-state index in [1.165, 1.54) is 32.1 Å². The number of carbonyl (C=O) groups is 1. The third-order valence-corrected chi connectivity index (χ3v) is 4.26. The molecule has 1 saturated carbocycles. The molecule has 1 aliphatic carbocycles. The van der Waals surface area contributed by atoms with Crippen LogP contribution in [0.5, 0.6) is 0 Å². The molecule has 1 aliphatic rings. The van der Waals surface area contributed by atoms with Gasteiger partial charge < -0.3 is 10.5 Å². The van der Waals surface area contributed by atoms with E-state index in [1.54, 1.807) is 24.3 Å². The van der Waals surface area contributed by atoms with E-state index in [-0.39, 0.29) is 5.97 Å². The Labute approximate surface area is 127 Å². The van der Waals surface area contributed by atoms with E-state index in [0.29, 0.717) is 23.9 Å². The predicted molar refractivity (Wildman–Crippen MR) is 85.3 cm³/mol. The average Bonchev–Trinajstić information content (AvgIpc) is 2.53. The molecule has 0 saturated heterocycles. The van der Waals surface area contributed by atoms with Crippen LogP contribution in [-0.4, -0.2) is 36.6 Å². The van der Waals surface area contributed by atoms with Gasteiger partial charge in [-0.15, -0.1) is 0 Å². The maximum atomic E-state index is 11.9. The molecule has 0 aromatic heterocycles. The molecule has 2 rings (SSSR count). The Morgan fingerprint density at radius 2 is 1.90 bits per heavy atom. The van der Waals surface area contributed by atoms with Crippen molar-refractivity contribution in [3.63, 3.8) is 0 Å². The highest BCUT2D eigenvalue weighted by Crippen LogP contribution is 2.22. The van der Waals surface area contributed by atoms with Gasteiger partial charge in [-0.05, 0) is 43.7 Å². The number of nitrogens with zero attached hydrogens (tertiary/aromatic N) is 1. The van der Waals surface area contributed by atoms with Gasteiger partial charge >= 0.3 is 5.97 Å². The number of ether oxygens (including phenoxy) is 1. The minimum atomic E-state index is -0.269. The van der Waals surface area contributed by atoms with E-state index >= 15 is 0 Å². The third kappa shape index (κ3) is 4.74. The van der Waals surface area contributed by atoms with Crippen LogP contribution < -0.4 is 5.73 Å². The van der Waals surface area contributed by atoms with E-state index in [9.17, 15) is 4.79 Å². The molecule has 0 bridgehead atoms. The maximum absolute atomic E-state index is 11.9. The summed E-state index contributed by atoms with van der Waals surface area (Å²) in [4.78, 5) is 14.4. The van der Waals surface area contributed by atoms with Crippen LogP contribution in [0.4, 0.5) is 5.69 Å². The van der Waals surface area contributed by atoms with Crippen molar-refractivity contribution < 1.29 is 9.53 Å². The lowest BCUT2D eigenvalue weighted by atomic mass is 9.94. The van der Waals surface area contributed by atoms with Crippen LogP contribution in [0.2, 0.25) is 0 Å². The number of likely N-dealkylation sites (N-methyl/N-ethyl adjacent to an activating group) is 1. The first-order valence-corrected chi connectivity index (χ1v) is 7.97.